The number of β-amino-alcohol motifs (C(OH)–C–C–N with tert-alkyl or cyclic N) is 1. The zero-order valence-electron chi connectivity index (χ0n) is 9.11. The van der Waals surface area contributed by atoms with E-state index in [-0.39, 0.29) is 5.91 Å². The molecule has 0 radical (unpaired) electrons. The van der Waals surface area contributed by atoms with Gasteiger partial charge in [0.2, 0.25) is 0 Å². The smallest absolute Gasteiger partial charge is 0.254 e. The van der Waals surface area contributed by atoms with Crippen molar-refractivity contribution in [1.82, 2.24) is 4.90 Å². The summed E-state index contributed by atoms with van der Waals surface area (Å²) in [6.45, 7) is 0.695. The lowest BCUT2D eigenvalue weighted by Gasteiger charge is -2.35. The van der Waals surface area contributed by atoms with Crippen molar-refractivity contribution in [2.24, 2.45) is 0 Å². The molecule has 1 aromatic rings. The van der Waals surface area contributed by atoms with Gasteiger partial charge < -0.3 is 14.7 Å². The predicted molar refractivity (Wildman–Crippen MR) is 64.9 cm³/mol. The van der Waals surface area contributed by atoms with Gasteiger partial charge in [-0.3, -0.25) is 4.79 Å². The van der Waals surface area contributed by atoms with E-state index in [1.165, 1.54) is 24.1 Å². The molecule has 0 saturated carbocycles. The molecule has 1 aliphatic heterocycles. The van der Waals surface area contributed by atoms with Crippen LogP contribution in [0.25, 0.3) is 0 Å². The monoisotopic (exact) mass is 275 g/mol. The van der Waals surface area contributed by atoms with Crippen LogP contribution in [-0.4, -0.2) is 42.2 Å². The molecule has 0 aromatic heterocycles. The summed E-state index contributed by atoms with van der Waals surface area (Å²) in [6.07, 6.45) is -0.428. The SMILES string of the molecule is COc1c(Cl)cc(C(=O)N2CC(O)C2)cc1Cl. The maximum Gasteiger partial charge on any atom is 0.254 e. The Kier molecular flexibility index (Phi) is 3.47. The summed E-state index contributed by atoms with van der Waals surface area (Å²) in [4.78, 5) is 13.5. The van der Waals surface area contributed by atoms with E-state index < -0.39 is 6.10 Å². The maximum atomic E-state index is 11.9. The lowest BCUT2D eigenvalue weighted by molar-refractivity contribution is 0.00589. The van der Waals surface area contributed by atoms with E-state index in [2.05, 4.69) is 0 Å². The van der Waals surface area contributed by atoms with E-state index in [1.54, 1.807) is 0 Å². The molecule has 1 fully saturated rings. The maximum absolute atomic E-state index is 11.9. The molecule has 6 heteroatoms. The Morgan fingerprint density at radius 3 is 2.35 bits per heavy atom. The average Bonchev–Trinajstić information content (AvgIpc) is 2.23. The van der Waals surface area contributed by atoms with Crippen LogP contribution in [0.5, 0.6) is 5.75 Å². The fourth-order valence-corrected chi connectivity index (χ4v) is 2.32. The Labute approximate surface area is 109 Å². The molecular formula is C11H11Cl2NO3. The summed E-state index contributed by atoms with van der Waals surface area (Å²) in [7, 11) is 1.46. The van der Waals surface area contributed by atoms with Crippen molar-refractivity contribution >= 4 is 29.1 Å². The number of halogens is 2. The van der Waals surface area contributed by atoms with Crippen molar-refractivity contribution in [3.8, 4) is 5.75 Å². The first-order valence-corrected chi connectivity index (χ1v) is 5.79. The standard InChI is InChI=1S/C11H11Cl2NO3/c1-17-10-8(12)2-6(3-9(10)13)11(16)14-4-7(15)5-14/h2-3,7,15H,4-5H2,1H3. The summed E-state index contributed by atoms with van der Waals surface area (Å²) in [5, 5.41) is 9.73. The molecule has 1 heterocycles. The van der Waals surface area contributed by atoms with Crippen molar-refractivity contribution in [2.75, 3.05) is 20.2 Å². The fraction of sp³-hybridized carbons (Fsp3) is 0.364. The van der Waals surface area contributed by atoms with E-state index >= 15 is 0 Å². The Morgan fingerprint density at radius 1 is 1.41 bits per heavy atom. The molecule has 0 bridgehead atoms. The molecule has 1 saturated heterocycles. The van der Waals surface area contributed by atoms with Crippen molar-refractivity contribution in [2.45, 2.75) is 6.10 Å². The summed E-state index contributed by atoms with van der Waals surface area (Å²) in [5.74, 6) is 0.162. The third kappa shape index (κ3) is 2.34. The number of carbonyl (C=O) groups is 1. The van der Waals surface area contributed by atoms with Gasteiger partial charge >= 0.3 is 0 Å². The van der Waals surface area contributed by atoms with Gasteiger partial charge in [0.05, 0.1) is 23.3 Å². The molecule has 0 aliphatic carbocycles. The van der Waals surface area contributed by atoms with Crippen LogP contribution in [0, 0.1) is 0 Å². The van der Waals surface area contributed by atoms with Crippen LogP contribution < -0.4 is 4.74 Å². The van der Waals surface area contributed by atoms with Crippen LogP contribution >= 0.6 is 23.2 Å². The number of hydrogen-bond donors (Lipinski definition) is 1. The first kappa shape index (κ1) is 12.5. The second kappa shape index (κ2) is 4.72. The largest absolute Gasteiger partial charge is 0.494 e. The zero-order chi connectivity index (χ0) is 12.6. The number of benzene rings is 1. The highest BCUT2D eigenvalue weighted by atomic mass is 35.5. The van der Waals surface area contributed by atoms with Crippen LogP contribution in [0.15, 0.2) is 12.1 Å². The lowest BCUT2D eigenvalue weighted by atomic mass is 10.1. The molecular weight excluding hydrogens is 265 g/mol. The van der Waals surface area contributed by atoms with Crippen LogP contribution in [0.1, 0.15) is 10.4 Å². The number of rotatable bonds is 2. The minimum Gasteiger partial charge on any atom is -0.494 e. The van der Waals surface area contributed by atoms with Crippen LogP contribution in [0.2, 0.25) is 10.0 Å². The number of methoxy groups -OCH3 is 1. The van der Waals surface area contributed by atoms with E-state index in [9.17, 15) is 4.79 Å². The number of likely N-dealkylation sites (tertiary alicyclic amines) is 1. The van der Waals surface area contributed by atoms with Gasteiger partial charge in [-0.2, -0.15) is 0 Å². The number of carbonyl (C=O) groups excluding carboxylic acids is 1. The summed E-state index contributed by atoms with van der Waals surface area (Å²) in [5.41, 5.74) is 0.396. The number of nitrogens with zero attached hydrogens (tertiary/aromatic N) is 1. The van der Waals surface area contributed by atoms with Gasteiger partial charge in [0.15, 0.2) is 5.75 Å². The third-order valence-electron chi connectivity index (χ3n) is 2.60. The van der Waals surface area contributed by atoms with Crippen molar-refractivity contribution < 1.29 is 14.6 Å². The molecule has 1 N–H and O–H groups in total. The number of aliphatic hydroxyl groups excluding tert-OH is 1. The second-order valence-electron chi connectivity index (χ2n) is 3.84. The van der Waals surface area contributed by atoms with E-state index in [4.69, 9.17) is 33.0 Å². The molecule has 17 heavy (non-hydrogen) atoms. The summed E-state index contributed by atoms with van der Waals surface area (Å²) in [6, 6.07) is 3.03. The summed E-state index contributed by atoms with van der Waals surface area (Å²) >= 11 is 11.9. The van der Waals surface area contributed by atoms with Gasteiger partial charge in [0, 0.05) is 18.7 Å². The van der Waals surface area contributed by atoms with Gasteiger partial charge in [-0.05, 0) is 12.1 Å². The van der Waals surface area contributed by atoms with Crippen molar-refractivity contribution in [3.63, 3.8) is 0 Å². The minimum absolute atomic E-state index is 0.193. The summed E-state index contributed by atoms with van der Waals surface area (Å²) < 4.78 is 5.00. The number of ether oxygens (including phenoxy) is 1. The third-order valence-corrected chi connectivity index (χ3v) is 3.16. The topological polar surface area (TPSA) is 49.8 Å². The van der Waals surface area contributed by atoms with Crippen molar-refractivity contribution in [1.29, 1.82) is 0 Å². The molecule has 0 spiro atoms. The molecule has 4 nitrogen and oxygen atoms in total. The van der Waals surface area contributed by atoms with Crippen molar-refractivity contribution in [3.05, 3.63) is 27.7 Å². The number of amides is 1. The number of aliphatic hydroxyl groups is 1. The van der Waals surface area contributed by atoms with E-state index in [0.717, 1.165) is 0 Å². The highest BCUT2D eigenvalue weighted by Crippen LogP contribution is 2.34. The predicted octanol–water partition coefficient (Wildman–Crippen LogP) is 1.82. The molecule has 2 rings (SSSR count). The molecule has 92 valence electrons. The van der Waals surface area contributed by atoms with Crippen LogP contribution in [0.4, 0.5) is 0 Å². The first-order chi connectivity index (χ1) is 8.02. The normalized spacial score (nSPS) is 15.6. The van der Waals surface area contributed by atoms with Crippen LogP contribution in [0.3, 0.4) is 0 Å². The highest BCUT2D eigenvalue weighted by Gasteiger charge is 2.30. The van der Waals surface area contributed by atoms with Gasteiger partial charge in [-0.25, -0.2) is 0 Å². The molecule has 1 aliphatic rings. The molecule has 1 aromatic carbocycles. The molecule has 1 amide bonds. The highest BCUT2D eigenvalue weighted by molar-refractivity contribution is 6.37. The van der Waals surface area contributed by atoms with E-state index in [0.29, 0.717) is 34.4 Å². The second-order valence-corrected chi connectivity index (χ2v) is 4.65. The van der Waals surface area contributed by atoms with Gasteiger partial charge in [-0.1, -0.05) is 23.2 Å². The lowest BCUT2D eigenvalue weighted by Crippen LogP contribution is -2.53. The Balaban J connectivity index is 2.25. The van der Waals surface area contributed by atoms with Gasteiger partial charge in [0.1, 0.15) is 0 Å². The molecule has 0 atom stereocenters. The average molecular weight is 276 g/mol. The van der Waals surface area contributed by atoms with Gasteiger partial charge in [-0.15, -0.1) is 0 Å². The fourth-order valence-electron chi connectivity index (χ4n) is 1.68. The first-order valence-electron chi connectivity index (χ1n) is 5.03. The quantitative estimate of drug-likeness (QED) is 0.896. The van der Waals surface area contributed by atoms with Gasteiger partial charge in [0.25, 0.3) is 5.91 Å². The zero-order valence-corrected chi connectivity index (χ0v) is 10.6. The Bertz CT molecular complexity index is 435. The number of hydrogen-bond acceptors (Lipinski definition) is 3. The Hall–Kier alpha value is -0.970. The minimum atomic E-state index is -0.428. The molecule has 0 unspecified atom stereocenters. The van der Waals surface area contributed by atoms with Crippen LogP contribution in [-0.2, 0) is 0 Å². The Morgan fingerprint density at radius 2 is 1.94 bits per heavy atom. The van der Waals surface area contributed by atoms with E-state index in [1.807, 2.05) is 0 Å².